The number of guanidine groups is 1. The van der Waals surface area contributed by atoms with E-state index in [1.165, 1.54) is 25.7 Å². The maximum atomic E-state index is 9.63. The Hall–Kier alpha value is -0.810. The Kier molecular flexibility index (Phi) is 5.45. The smallest absolute Gasteiger partial charge is 0.191 e. The summed E-state index contributed by atoms with van der Waals surface area (Å²) in [6.07, 6.45) is 6.74. The minimum absolute atomic E-state index is 0.116. The Bertz CT molecular complexity index is 293. The van der Waals surface area contributed by atoms with Gasteiger partial charge >= 0.3 is 0 Å². The molecule has 110 valence electrons. The summed E-state index contributed by atoms with van der Waals surface area (Å²) in [4.78, 5) is 6.75. The van der Waals surface area contributed by atoms with Crippen molar-refractivity contribution >= 4 is 5.96 Å². The van der Waals surface area contributed by atoms with Crippen LogP contribution in [0.5, 0.6) is 0 Å². The van der Waals surface area contributed by atoms with Gasteiger partial charge in [0.2, 0.25) is 0 Å². The molecule has 0 amide bonds. The molecule has 2 aliphatic heterocycles. The van der Waals surface area contributed by atoms with Gasteiger partial charge in [-0.25, -0.2) is 0 Å². The normalized spacial score (nSPS) is 25.1. The number of ether oxygens (including phenoxy) is 1. The van der Waals surface area contributed by atoms with Crippen molar-refractivity contribution in [2.75, 3.05) is 39.5 Å². The molecular formula is C14H27N3O2. The molecule has 19 heavy (non-hydrogen) atoms. The van der Waals surface area contributed by atoms with E-state index in [1.807, 2.05) is 0 Å². The standard InChI is InChI=1S/C14H27N3O2/c15-13(17-7-3-1-2-4-8-17)16-11-14(12-18)5-9-19-10-6-14/h18H,1-12H2,(H2,15,16). The molecule has 0 spiro atoms. The van der Waals surface area contributed by atoms with Crippen LogP contribution in [-0.2, 0) is 4.74 Å². The summed E-state index contributed by atoms with van der Waals surface area (Å²) in [5, 5.41) is 9.63. The SMILES string of the molecule is NC(=NCC1(CO)CCOCC1)N1CCCCCC1. The largest absolute Gasteiger partial charge is 0.396 e. The Balaban J connectivity index is 1.91. The molecule has 0 aliphatic carbocycles. The van der Waals surface area contributed by atoms with Crippen molar-refractivity contribution in [3.63, 3.8) is 0 Å². The quantitative estimate of drug-likeness (QED) is 0.591. The average molecular weight is 269 g/mol. The summed E-state index contributed by atoms with van der Waals surface area (Å²) in [5.41, 5.74) is 6.00. The van der Waals surface area contributed by atoms with Gasteiger partial charge in [0.25, 0.3) is 0 Å². The first-order chi connectivity index (χ1) is 9.26. The summed E-state index contributed by atoms with van der Waals surface area (Å²) >= 11 is 0. The Morgan fingerprint density at radius 1 is 1.16 bits per heavy atom. The number of hydrogen-bond acceptors (Lipinski definition) is 3. The molecule has 2 fully saturated rings. The van der Waals surface area contributed by atoms with Crippen LogP contribution >= 0.6 is 0 Å². The number of nitrogens with zero attached hydrogens (tertiary/aromatic N) is 2. The molecule has 5 heteroatoms. The first kappa shape index (κ1) is 14.6. The Morgan fingerprint density at radius 2 is 1.79 bits per heavy atom. The molecule has 5 nitrogen and oxygen atoms in total. The van der Waals surface area contributed by atoms with E-state index in [-0.39, 0.29) is 12.0 Å². The van der Waals surface area contributed by atoms with Crippen molar-refractivity contribution in [3.05, 3.63) is 0 Å². The maximum Gasteiger partial charge on any atom is 0.191 e. The van der Waals surface area contributed by atoms with Gasteiger partial charge in [-0.2, -0.15) is 0 Å². The topological polar surface area (TPSA) is 71.1 Å². The van der Waals surface area contributed by atoms with E-state index in [4.69, 9.17) is 10.5 Å². The highest BCUT2D eigenvalue weighted by Gasteiger charge is 2.32. The van der Waals surface area contributed by atoms with E-state index in [9.17, 15) is 5.11 Å². The summed E-state index contributed by atoms with van der Waals surface area (Å²) in [6.45, 7) is 4.27. The van der Waals surface area contributed by atoms with Crippen molar-refractivity contribution in [1.29, 1.82) is 0 Å². The third kappa shape index (κ3) is 4.08. The predicted octanol–water partition coefficient (Wildman–Crippen LogP) is 0.966. The average Bonchev–Trinajstić information content (AvgIpc) is 2.75. The molecule has 0 aromatic carbocycles. The fourth-order valence-electron chi connectivity index (χ4n) is 2.82. The van der Waals surface area contributed by atoms with Crippen LogP contribution in [0, 0.1) is 5.41 Å². The van der Waals surface area contributed by atoms with Crippen molar-refractivity contribution < 1.29 is 9.84 Å². The van der Waals surface area contributed by atoms with E-state index in [1.54, 1.807) is 0 Å². The molecule has 0 unspecified atom stereocenters. The number of aliphatic imine (C=N–C) groups is 1. The van der Waals surface area contributed by atoms with Crippen molar-refractivity contribution in [3.8, 4) is 0 Å². The third-order valence-corrected chi connectivity index (χ3v) is 4.40. The highest BCUT2D eigenvalue weighted by molar-refractivity contribution is 5.78. The van der Waals surface area contributed by atoms with Crippen molar-refractivity contribution in [2.24, 2.45) is 16.1 Å². The van der Waals surface area contributed by atoms with Crippen molar-refractivity contribution in [2.45, 2.75) is 38.5 Å². The van der Waals surface area contributed by atoms with Gasteiger partial charge in [0.05, 0.1) is 13.2 Å². The van der Waals surface area contributed by atoms with Crippen LogP contribution in [0.15, 0.2) is 4.99 Å². The number of aliphatic hydroxyl groups excluding tert-OH is 1. The van der Waals surface area contributed by atoms with Gasteiger partial charge in [0, 0.05) is 31.7 Å². The van der Waals surface area contributed by atoms with Crippen LogP contribution < -0.4 is 5.73 Å². The zero-order valence-electron chi connectivity index (χ0n) is 11.8. The van der Waals surface area contributed by atoms with Crippen LogP contribution in [-0.4, -0.2) is 55.4 Å². The van der Waals surface area contributed by atoms with Gasteiger partial charge in [-0.1, -0.05) is 12.8 Å². The molecule has 2 heterocycles. The molecule has 2 aliphatic rings. The van der Waals surface area contributed by atoms with Gasteiger partial charge in [-0.3, -0.25) is 4.99 Å². The van der Waals surface area contributed by atoms with Gasteiger partial charge in [0.1, 0.15) is 0 Å². The number of rotatable bonds is 3. The van der Waals surface area contributed by atoms with E-state index in [0.29, 0.717) is 12.5 Å². The molecule has 0 aromatic rings. The lowest BCUT2D eigenvalue weighted by atomic mass is 9.81. The van der Waals surface area contributed by atoms with Gasteiger partial charge in [-0.05, 0) is 25.7 Å². The second kappa shape index (κ2) is 7.10. The first-order valence-electron chi connectivity index (χ1n) is 7.49. The van der Waals surface area contributed by atoms with Crippen LogP contribution in [0.4, 0.5) is 0 Å². The molecule has 2 rings (SSSR count). The van der Waals surface area contributed by atoms with Crippen LogP contribution in [0.25, 0.3) is 0 Å². The summed E-state index contributed by atoms with van der Waals surface area (Å²) in [7, 11) is 0. The molecule has 0 bridgehead atoms. The lowest BCUT2D eigenvalue weighted by molar-refractivity contribution is -0.0106. The number of hydrogen-bond donors (Lipinski definition) is 2. The van der Waals surface area contributed by atoms with Crippen molar-refractivity contribution in [1.82, 2.24) is 4.90 Å². The monoisotopic (exact) mass is 269 g/mol. The molecule has 0 saturated carbocycles. The minimum atomic E-state index is -0.116. The fourth-order valence-corrected chi connectivity index (χ4v) is 2.82. The molecule has 0 atom stereocenters. The van der Waals surface area contributed by atoms with Crippen LogP contribution in [0.1, 0.15) is 38.5 Å². The van der Waals surface area contributed by atoms with Gasteiger partial charge in [0.15, 0.2) is 5.96 Å². The zero-order valence-corrected chi connectivity index (χ0v) is 11.8. The maximum absolute atomic E-state index is 9.63. The molecule has 3 N–H and O–H groups in total. The molecular weight excluding hydrogens is 242 g/mol. The fraction of sp³-hybridized carbons (Fsp3) is 0.929. The van der Waals surface area contributed by atoms with Crippen LogP contribution in [0.2, 0.25) is 0 Å². The van der Waals surface area contributed by atoms with E-state index in [0.717, 1.165) is 39.1 Å². The second-order valence-corrected chi connectivity index (χ2v) is 5.85. The summed E-state index contributed by atoms with van der Waals surface area (Å²) in [5.74, 6) is 0.654. The Morgan fingerprint density at radius 3 is 2.37 bits per heavy atom. The van der Waals surface area contributed by atoms with E-state index >= 15 is 0 Å². The van der Waals surface area contributed by atoms with Gasteiger partial charge in [-0.15, -0.1) is 0 Å². The highest BCUT2D eigenvalue weighted by atomic mass is 16.5. The predicted molar refractivity (Wildman–Crippen MR) is 76.1 cm³/mol. The zero-order chi connectivity index (χ0) is 13.6. The number of nitrogens with two attached hydrogens (primary N) is 1. The number of aliphatic hydroxyl groups is 1. The lowest BCUT2D eigenvalue weighted by Crippen LogP contribution is -2.41. The molecule has 0 radical (unpaired) electrons. The summed E-state index contributed by atoms with van der Waals surface area (Å²) in [6, 6.07) is 0. The number of likely N-dealkylation sites (tertiary alicyclic amines) is 1. The minimum Gasteiger partial charge on any atom is -0.396 e. The lowest BCUT2D eigenvalue weighted by Gasteiger charge is -2.34. The Labute approximate surface area is 115 Å². The van der Waals surface area contributed by atoms with Crippen LogP contribution in [0.3, 0.4) is 0 Å². The molecule has 2 saturated heterocycles. The summed E-state index contributed by atoms with van der Waals surface area (Å²) < 4.78 is 5.36. The third-order valence-electron chi connectivity index (χ3n) is 4.40. The van der Waals surface area contributed by atoms with Gasteiger partial charge < -0.3 is 20.5 Å². The highest BCUT2D eigenvalue weighted by Crippen LogP contribution is 2.30. The first-order valence-corrected chi connectivity index (χ1v) is 7.49. The van der Waals surface area contributed by atoms with E-state index in [2.05, 4.69) is 9.89 Å². The van der Waals surface area contributed by atoms with E-state index < -0.39 is 0 Å². The molecule has 0 aromatic heterocycles. The second-order valence-electron chi connectivity index (χ2n) is 5.85.